The normalized spacial score (nSPS) is 12.6. The van der Waals surface area contributed by atoms with Crippen LogP contribution in [0.15, 0.2) is 66.7 Å². The predicted octanol–water partition coefficient (Wildman–Crippen LogP) is 8.71. The molecule has 0 aliphatic carbocycles. The lowest BCUT2D eigenvalue weighted by Gasteiger charge is -2.33. The standard InChI is InChI=1S/C31H39FO2/c1-29(2,3)25-16-15-23(19-26(25)30(4,5)6)31(7,8)21-33-20-22-14-17-27(32)28(18-22)34-24-12-10-9-11-13-24/h9-19H,20-21H2,1-8H3. The van der Waals surface area contributed by atoms with E-state index in [1.54, 1.807) is 12.1 Å². The van der Waals surface area contributed by atoms with Gasteiger partial charge in [-0.15, -0.1) is 0 Å². The van der Waals surface area contributed by atoms with E-state index in [4.69, 9.17) is 9.47 Å². The van der Waals surface area contributed by atoms with Crippen LogP contribution in [0.1, 0.15) is 77.6 Å². The quantitative estimate of drug-likeness (QED) is 0.349. The van der Waals surface area contributed by atoms with E-state index in [9.17, 15) is 4.39 Å². The summed E-state index contributed by atoms with van der Waals surface area (Å²) in [6.45, 7) is 19.0. The summed E-state index contributed by atoms with van der Waals surface area (Å²) in [5, 5.41) is 0. The lowest BCUT2D eigenvalue weighted by Crippen LogP contribution is -2.27. The van der Waals surface area contributed by atoms with Crippen molar-refractivity contribution in [1.29, 1.82) is 0 Å². The monoisotopic (exact) mass is 462 g/mol. The zero-order valence-corrected chi connectivity index (χ0v) is 22.0. The lowest BCUT2D eigenvalue weighted by molar-refractivity contribution is 0.0823. The third-order valence-corrected chi connectivity index (χ3v) is 6.12. The van der Waals surface area contributed by atoms with E-state index in [0.717, 1.165) is 5.56 Å². The Morgan fingerprint density at radius 1 is 0.706 bits per heavy atom. The molecule has 0 N–H and O–H groups in total. The zero-order valence-electron chi connectivity index (χ0n) is 22.0. The summed E-state index contributed by atoms with van der Waals surface area (Å²) in [4.78, 5) is 0. The summed E-state index contributed by atoms with van der Waals surface area (Å²) in [5.41, 5.74) is 4.88. The summed E-state index contributed by atoms with van der Waals surface area (Å²) in [7, 11) is 0. The van der Waals surface area contributed by atoms with E-state index in [2.05, 4.69) is 73.6 Å². The summed E-state index contributed by atoms with van der Waals surface area (Å²) < 4.78 is 26.1. The van der Waals surface area contributed by atoms with Gasteiger partial charge in [0.2, 0.25) is 0 Å². The fraction of sp³-hybridized carbons (Fsp3) is 0.419. The molecule has 0 saturated heterocycles. The molecule has 0 heterocycles. The van der Waals surface area contributed by atoms with Gasteiger partial charge in [-0.05, 0) is 57.3 Å². The summed E-state index contributed by atoms with van der Waals surface area (Å²) in [5.74, 6) is 0.426. The maximum atomic E-state index is 14.3. The molecule has 0 amide bonds. The second-order valence-electron chi connectivity index (χ2n) is 11.8. The van der Waals surface area contributed by atoms with E-state index < -0.39 is 0 Å². The van der Waals surface area contributed by atoms with Crippen LogP contribution in [0.3, 0.4) is 0 Å². The molecule has 0 aliphatic heterocycles. The molecule has 3 heteroatoms. The van der Waals surface area contributed by atoms with Gasteiger partial charge < -0.3 is 9.47 Å². The van der Waals surface area contributed by atoms with Crippen LogP contribution >= 0.6 is 0 Å². The van der Waals surface area contributed by atoms with Gasteiger partial charge in [-0.3, -0.25) is 0 Å². The van der Waals surface area contributed by atoms with Crippen molar-refractivity contribution >= 4 is 0 Å². The van der Waals surface area contributed by atoms with E-state index >= 15 is 0 Å². The number of hydrogen-bond acceptors (Lipinski definition) is 2. The topological polar surface area (TPSA) is 18.5 Å². The molecule has 0 bridgehead atoms. The van der Waals surface area contributed by atoms with Gasteiger partial charge in [0.1, 0.15) is 5.75 Å². The molecular weight excluding hydrogens is 423 g/mol. The van der Waals surface area contributed by atoms with E-state index in [1.165, 1.54) is 22.8 Å². The molecule has 0 aliphatic rings. The van der Waals surface area contributed by atoms with Crippen LogP contribution in [-0.4, -0.2) is 6.61 Å². The van der Waals surface area contributed by atoms with Gasteiger partial charge >= 0.3 is 0 Å². The van der Waals surface area contributed by atoms with Crippen molar-refractivity contribution in [3.05, 3.63) is 94.8 Å². The van der Waals surface area contributed by atoms with Gasteiger partial charge in [-0.25, -0.2) is 4.39 Å². The molecular formula is C31H39FO2. The van der Waals surface area contributed by atoms with Crippen molar-refractivity contribution in [1.82, 2.24) is 0 Å². The molecule has 3 rings (SSSR count). The van der Waals surface area contributed by atoms with Crippen LogP contribution in [0.2, 0.25) is 0 Å². The third kappa shape index (κ3) is 6.48. The van der Waals surface area contributed by atoms with E-state index in [0.29, 0.717) is 19.0 Å². The molecule has 182 valence electrons. The molecule has 0 saturated carbocycles. The first-order valence-corrected chi connectivity index (χ1v) is 12.0. The predicted molar refractivity (Wildman–Crippen MR) is 139 cm³/mol. The fourth-order valence-corrected chi connectivity index (χ4v) is 4.08. The Morgan fingerprint density at radius 2 is 1.35 bits per heavy atom. The van der Waals surface area contributed by atoms with E-state index in [-0.39, 0.29) is 27.8 Å². The molecule has 0 spiro atoms. The Hall–Kier alpha value is -2.65. The highest BCUT2D eigenvalue weighted by Crippen LogP contribution is 2.37. The Balaban J connectivity index is 1.73. The van der Waals surface area contributed by atoms with Crippen molar-refractivity contribution < 1.29 is 13.9 Å². The van der Waals surface area contributed by atoms with Crippen molar-refractivity contribution in [2.24, 2.45) is 0 Å². The molecule has 2 nitrogen and oxygen atoms in total. The molecule has 0 radical (unpaired) electrons. The lowest BCUT2D eigenvalue weighted by atomic mass is 9.72. The summed E-state index contributed by atoms with van der Waals surface area (Å²) in [6.07, 6.45) is 0. The summed E-state index contributed by atoms with van der Waals surface area (Å²) in [6, 6.07) is 21.0. The molecule has 3 aromatic rings. The van der Waals surface area contributed by atoms with Crippen molar-refractivity contribution in [2.75, 3.05) is 6.61 Å². The number of para-hydroxylation sites is 1. The Morgan fingerprint density at radius 3 is 1.97 bits per heavy atom. The smallest absolute Gasteiger partial charge is 0.165 e. The summed E-state index contributed by atoms with van der Waals surface area (Å²) >= 11 is 0. The first kappa shape index (κ1) is 26.0. The van der Waals surface area contributed by atoms with E-state index in [1.807, 2.05) is 30.3 Å². The third-order valence-electron chi connectivity index (χ3n) is 6.12. The minimum atomic E-state index is -0.387. The van der Waals surface area contributed by atoms with Crippen molar-refractivity contribution in [3.63, 3.8) is 0 Å². The Bertz CT molecular complexity index is 1100. The average Bonchev–Trinajstić information content (AvgIpc) is 2.75. The number of halogens is 1. The van der Waals surface area contributed by atoms with Gasteiger partial charge in [0, 0.05) is 5.41 Å². The Labute approximate surface area is 205 Å². The van der Waals surface area contributed by atoms with Crippen LogP contribution in [-0.2, 0) is 27.6 Å². The first-order valence-electron chi connectivity index (χ1n) is 12.0. The molecule has 0 unspecified atom stereocenters. The highest BCUT2D eigenvalue weighted by atomic mass is 19.1. The average molecular weight is 463 g/mol. The van der Waals surface area contributed by atoms with Crippen LogP contribution in [0.4, 0.5) is 4.39 Å². The number of hydrogen-bond donors (Lipinski definition) is 0. The maximum absolute atomic E-state index is 14.3. The molecule has 3 aromatic carbocycles. The van der Waals surface area contributed by atoms with Crippen LogP contribution < -0.4 is 4.74 Å². The zero-order chi connectivity index (χ0) is 25.1. The van der Waals surface area contributed by atoms with Crippen molar-refractivity contribution in [3.8, 4) is 11.5 Å². The van der Waals surface area contributed by atoms with Gasteiger partial charge in [0.05, 0.1) is 13.2 Å². The SMILES string of the molecule is CC(C)(C)c1ccc(C(C)(C)COCc2ccc(F)c(Oc3ccccc3)c2)cc1C(C)(C)C. The van der Waals surface area contributed by atoms with Gasteiger partial charge in [-0.1, -0.05) is 97.9 Å². The highest BCUT2D eigenvalue weighted by Gasteiger charge is 2.28. The van der Waals surface area contributed by atoms with Crippen LogP contribution in [0.5, 0.6) is 11.5 Å². The molecule has 0 aromatic heterocycles. The molecule has 34 heavy (non-hydrogen) atoms. The minimum Gasteiger partial charge on any atom is -0.454 e. The molecule has 0 atom stereocenters. The largest absolute Gasteiger partial charge is 0.454 e. The fourth-order valence-electron chi connectivity index (χ4n) is 4.08. The minimum absolute atomic E-state index is 0.0544. The second kappa shape index (κ2) is 9.92. The number of benzene rings is 3. The maximum Gasteiger partial charge on any atom is 0.165 e. The highest BCUT2D eigenvalue weighted by molar-refractivity contribution is 5.43. The number of ether oxygens (including phenoxy) is 2. The van der Waals surface area contributed by atoms with Gasteiger partial charge in [0.15, 0.2) is 11.6 Å². The van der Waals surface area contributed by atoms with Crippen LogP contribution in [0.25, 0.3) is 0 Å². The van der Waals surface area contributed by atoms with Gasteiger partial charge in [0.25, 0.3) is 0 Å². The van der Waals surface area contributed by atoms with Crippen LogP contribution in [0, 0.1) is 5.82 Å². The Kier molecular flexibility index (Phi) is 7.57. The van der Waals surface area contributed by atoms with Gasteiger partial charge in [-0.2, -0.15) is 0 Å². The number of rotatable bonds is 7. The second-order valence-corrected chi connectivity index (χ2v) is 11.8. The first-order chi connectivity index (χ1) is 15.8. The van der Waals surface area contributed by atoms with Crippen molar-refractivity contribution in [2.45, 2.75) is 78.2 Å². The molecule has 0 fully saturated rings.